The van der Waals surface area contributed by atoms with E-state index in [1.54, 1.807) is 29.8 Å². The molecule has 0 spiro atoms. The lowest BCUT2D eigenvalue weighted by Crippen LogP contribution is -2.14. The van der Waals surface area contributed by atoms with Gasteiger partial charge in [-0.3, -0.25) is 10.1 Å². The van der Waals surface area contributed by atoms with Gasteiger partial charge in [-0.15, -0.1) is 20.4 Å². The monoisotopic (exact) mass is 506 g/mol. The zero-order valence-electron chi connectivity index (χ0n) is 16.7. The van der Waals surface area contributed by atoms with Gasteiger partial charge in [0.15, 0.2) is 11.0 Å². The van der Waals surface area contributed by atoms with E-state index in [0.717, 1.165) is 10.6 Å². The van der Waals surface area contributed by atoms with Crippen molar-refractivity contribution in [1.29, 1.82) is 0 Å². The van der Waals surface area contributed by atoms with Gasteiger partial charge >= 0.3 is 0 Å². The summed E-state index contributed by atoms with van der Waals surface area (Å²) < 4.78 is 7.46. The van der Waals surface area contributed by atoms with Crippen molar-refractivity contribution in [3.8, 4) is 16.3 Å². The standard InChI is InChI=1S/C20H16Cl2N6O2S2/c1-28-16(10-30-15-8-7-13(21)9-14(15)22)24-27-20(28)31-11-17(29)23-19-26-25-18(32-19)12-5-3-2-4-6-12/h2-9H,10-11H2,1H3,(H,23,26,29). The quantitative estimate of drug-likeness (QED) is 0.337. The molecule has 0 atom stereocenters. The molecule has 2 aromatic heterocycles. The number of benzene rings is 2. The van der Waals surface area contributed by atoms with Gasteiger partial charge in [0.2, 0.25) is 11.0 Å². The van der Waals surface area contributed by atoms with Gasteiger partial charge < -0.3 is 9.30 Å². The second-order valence-corrected chi connectivity index (χ2v) is 9.20. The number of anilines is 1. The van der Waals surface area contributed by atoms with Crippen molar-refractivity contribution in [2.75, 3.05) is 11.1 Å². The number of aromatic nitrogens is 5. The maximum atomic E-state index is 12.3. The van der Waals surface area contributed by atoms with Crippen LogP contribution in [0.5, 0.6) is 5.75 Å². The Bertz CT molecular complexity index is 1230. The summed E-state index contributed by atoms with van der Waals surface area (Å²) in [6.07, 6.45) is 0. The number of carbonyl (C=O) groups excluding carboxylic acids is 1. The summed E-state index contributed by atoms with van der Waals surface area (Å²) in [5, 5.41) is 21.9. The number of thioether (sulfide) groups is 1. The number of nitrogens with one attached hydrogen (secondary N) is 1. The van der Waals surface area contributed by atoms with Crippen LogP contribution >= 0.6 is 46.3 Å². The number of hydrogen-bond acceptors (Lipinski definition) is 8. The van der Waals surface area contributed by atoms with E-state index in [2.05, 4.69) is 25.7 Å². The van der Waals surface area contributed by atoms with E-state index in [4.69, 9.17) is 27.9 Å². The van der Waals surface area contributed by atoms with Crippen molar-refractivity contribution in [3.63, 3.8) is 0 Å². The molecule has 0 aliphatic carbocycles. The molecule has 0 saturated carbocycles. The predicted molar refractivity (Wildman–Crippen MR) is 126 cm³/mol. The molecule has 2 aromatic carbocycles. The summed E-state index contributed by atoms with van der Waals surface area (Å²) in [4.78, 5) is 12.3. The lowest BCUT2D eigenvalue weighted by molar-refractivity contribution is -0.113. The van der Waals surface area contributed by atoms with Crippen LogP contribution in [0.15, 0.2) is 53.7 Å². The van der Waals surface area contributed by atoms with Gasteiger partial charge in [-0.05, 0) is 18.2 Å². The minimum Gasteiger partial charge on any atom is -0.484 e. The minimum atomic E-state index is -0.209. The number of halogens is 2. The summed E-state index contributed by atoms with van der Waals surface area (Å²) in [6, 6.07) is 14.7. The molecule has 32 heavy (non-hydrogen) atoms. The lowest BCUT2D eigenvalue weighted by atomic mass is 10.2. The number of nitrogens with zero attached hydrogens (tertiary/aromatic N) is 5. The first-order valence-corrected chi connectivity index (χ1v) is 11.8. The predicted octanol–water partition coefficient (Wildman–Crippen LogP) is 4.95. The summed E-state index contributed by atoms with van der Waals surface area (Å²) >= 11 is 14.6. The van der Waals surface area contributed by atoms with Crippen LogP contribution < -0.4 is 10.1 Å². The average Bonchev–Trinajstić information content (AvgIpc) is 3.39. The van der Waals surface area contributed by atoms with Crippen LogP contribution in [0.25, 0.3) is 10.6 Å². The Balaban J connectivity index is 1.30. The number of carbonyl (C=O) groups is 1. The summed E-state index contributed by atoms with van der Waals surface area (Å²) in [5.41, 5.74) is 0.952. The molecule has 0 aliphatic heterocycles. The first-order chi connectivity index (χ1) is 15.5. The fourth-order valence-corrected chi connectivity index (χ4v) is 4.55. The van der Waals surface area contributed by atoms with Crippen molar-refractivity contribution in [1.82, 2.24) is 25.0 Å². The zero-order chi connectivity index (χ0) is 22.5. The Hall–Kier alpha value is -2.66. The van der Waals surface area contributed by atoms with E-state index >= 15 is 0 Å². The maximum absolute atomic E-state index is 12.3. The Labute approximate surface area is 201 Å². The van der Waals surface area contributed by atoms with Gasteiger partial charge in [-0.25, -0.2) is 0 Å². The maximum Gasteiger partial charge on any atom is 0.236 e. The second-order valence-electron chi connectivity index (χ2n) is 6.44. The van der Waals surface area contributed by atoms with Crippen molar-refractivity contribution in [2.24, 2.45) is 7.05 Å². The summed E-state index contributed by atoms with van der Waals surface area (Å²) in [6.45, 7) is 0.171. The van der Waals surface area contributed by atoms with E-state index in [-0.39, 0.29) is 18.3 Å². The lowest BCUT2D eigenvalue weighted by Gasteiger charge is -2.08. The van der Waals surface area contributed by atoms with Crippen molar-refractivity contribution in [3.05, 3.63) is 64.4 Å². The largest absolute Gasteiger partial charge is 0.484 e. The fraction of sp³-hybridized carbons (Fsp3) is 0.150. The van der Waals surface area contributed by atoms with Crippen LogP contribution in [0, 0.1) is 0 Å². The van der Waals surface area contributed by atoms with Gasteiger partial charge in [-0.1, -0.05) is 76.6 Å². The minimum absolute atomic E-state index is 0.149. The highest BCUT2D eigenvalue weighted by Gasteiger charge is 2.14. The molecule has 0 radical (unpaired) electrons. The number of rotatable bonds is 8. The Morgan fingerprint density at radius 2 is 1.94 bits per heavy atom. The molecule has 2 heterocycles. The fourth-order valence-electron chi connectivity index (χ4n) is 2.59. The van der Waals surface area contributed by atoms with E-state index in [0.29, 0.717) is 31.9 Å². The van der Waals surface area contributed by atoms with E-state index in [1.807, 2.05) is 30.3 Å². The van der Waals surface area contributed by atoms with Crippen LogP contribution in [0.3, 0.4) is 0 Å². The number of hydrogen-bond donors (Lipinski definition) is 1. The van der Waals surface area contributed by atoms with Crippen molar-refractivity contribution in [2.45, 2.75) is 11.8 Å². The van der Waals surface area contributed by atoms with E-state index in [9.17, 15) is 4.79 Å². The third-order valence-corrected chi connectivity index (χ3v) is 6.64. The third kappa shape index (κ3) is 5.57. The molecule has 0 saturated heterocycles. The molecule has 164 valence electrons. The molecular weight excluding hydrogens is 491 g/mol. The molecule has 1 N–H and O–H groups in total. The highest BCUT2D eigenvalue weighted by Crippen LogP contribution is 2.29. The van der Waals surface area contributed by atoms with Crippen LogP contribution in [0.2, 0.25) is 10.0 Å². The van der Waals surface area contributed by atoms with Crippen molar-refractivity contribution < 1.29 is 9.53 Å². The average molecular weight is 507 g/mol. The van der Waals surface area contributed by atoms with Crippen LogP contribution in [-0.2, 0) is 18.4 Å². The normalized spacial score (nSPS) is 10.8. The van der Waals surface area contributed by atoms with Crippen molar-refractivity contribution >= 4 is 57.3 Å². The van der Waals surface area contributed by atoms with Crippen LogP contribution in [-0.4, -0.2) is 36.6 Å². The van der Waals surface area contributed by atoms with Gasteiger partial charge in [0.25, 0.3) is 0 Å². The molecule has 8 nitrogen and oxygen atoms in total. The molecule has 1 amide bonds. The summed E-state index contributed by atoms with van der Waals surface area (Å²) in [7, 11) is 1.80. The number of amides is 1. The molecule has 0 fully saturated rings. The van der Waals surface area contributed by atoms with Gasteiger partial charge in [0.1, 0.15) is 17.4 Å². The molecule has 0 bridgehead atoms. The van der Waals surface area contributed by atoms with E-state index < -0.39 is 0 Å². The van der Waals surface area contributed by atoms with Crippen LogP contribution in [0.4, 0.5) is 5.13 Å². The molecule has 4 rings (SSSR count). The van der Waals surface area contributed by atoms with Gasteiger partial charge in [-0.2, -0.15) is 0 Å². The molecule has 0 aliphatic rings. The third-order valence-electron chi connectivity index (χ3n) is 4.20. The number of ether oxygens (including phenoxy) is 1. The smallest absolute Gasteiger partial charge is 0.236 e. The molecule has 12 heteroatoms. The van der Waals surface area contributed by atoms with Crippen LogP contribution in [0.1, 0.15) is 5.82 Å². The highest BCUT2D eigenvalue weighted by molar-refractivity contribution is 7.99. The molecular formula is C20H16Cl2N6O2S2. The zero-order valence-corrected chi connectivity index (χ0v) is 19.8. The van der Waals surface area contributed by atoms with Gasteiger partial charge in [0, 0.05) is 17.6 Å². The molecule has 0 unspecified atom stereocenters. The Kier molecular flexibility index (Phi) is 7.26. The topological polar surface area (TPSA) is 94.8 Å². The Morgan fingerprint density at radius 1 is 1.12 bits per heavy atom. The first kappa shape index (κ1) is 22.5. The SMILES string of the molecule is Cn1c(COc2ccc(Cl)cc2Cl)nnc1SCC(=O)Nc1nnc(-c2ccccc2)s1. The summed E-state index contributed by atoms with van der Waals surface area (Å²) in [5.74, 6) is 1.03. The van der Waals surface area contributed by atoms with Gasteiger partial charge in [0.05, 0.1) is 10.8 Å². The first-order valence-electron chi connectivity index (χ1n) is 9.27. The second kappa shape index (κ2) is 10.3. The molecule has 4 aromatic rings. The highest BCUT2D eigenvalue weighted by atomic mass is 35.5. The Morgan fingerprint density at radius 3 is 2.72 bits per heavy atom. The van der Waals surface area contributed by atoms with E-state index in [1.165, 1.54) is 23.1 Å².